The Morgan fingerprint density at radius 1 is 1.00 bits per heavy atom. The van der Waals surface area contributed by atoms with Crippen LogP contribution in [0.5, 0.6) is 5.75 Å². The van der Waals surface area contributed by atoms with Crippen LogP contribution in [-0.2, 0) is 4.79 Å². The van der Waals surface area contributed by atoms with Gasteiger partial charge in [-0.15, -0.1) is 10.2 Å². The largest absolute Gasteiger partial charge is 0.497 e. The molecule has 1 N–H and O–H groups in total. The van der Waals surface area contributed by atoms with Crippen molar-refractivity contribution in [3.05, 3.63) is 88.7 Å². The van der Waals surface area contributed by atoms with Crippen LogP contribution in [0, 0.1) is 0 Å². The number of methoxy groups -OCH3 is 1. The molecule has 180 valence electrons. The summed E-state index contributed by atoms with van der Waals surface area (Å²) in [6.45, 7) is 1.47. The van der Waals surface area contributed by atoms with E-state index >= 15 is 0 Å². The highest BCUT2D eigenvalue weighted by atomic mass is 32.2. The lowest BCUT2D eigenvalue weighted by molar-refractivity contribution is -0.113. The van der Waals surface area contributed by atoms with Crippen LogP contribution in [0.2, 0.25) is 0 Å². The zero-order chi connectivity index (χ0) is 25.2. The predicted octanol–water partition coefficient (Wildman–Crippen LogP) is 3.98. The third-order valence-corrected chi connectivity index (χ3v) is 6.52. The molecule has 0 spiro atoms. The van der Waals surface area contributed by atoms with Crippen LogP contribution in [0.15, 0.2) is 82.7 Å². The molecule has 0 aliphatic heterocycles. The summed E-state index contributed by atoms with van der Waals surface area (Å²) >= 11 is 1.20. The van der Waals surface area contributed by atoms with Gasteiger partial charge in [-0.2, -0.15) is 0 Å². The molecule has 0 atom stereocenters. The first-order valence-electron chi connectivity index (χ1n) is 11.0. The average molecular weight is 500 g/mol. The van der Waals surface area contributed by atoms with Crippen molar-refractivity contribution in [3.8, 4) is 11.4 Å². The van der Waals surface area contributed by atoms with Gasteiger partial charge in [0.25, 0.3) is 5.56 Å². The summed E-state index contributed by atoms with van der Waals surface area (Å²) in [5, 5.41) is 12.3. The average Bonchev–Trinajstić information content (AvgIpc) is 3.31. The van der Waals surface area contributed by atoms with E-state index in [1.165, 1.54) is 23.3 Å². The van der Waals surface area contributed by atoms with Crippen LogP contribution in [0.25, 0.3) is 22.4 Å². The first-order valence-corrected chi connectivity index (χ1v) is 12.0. The minimum Gasteiger partial charge on any atom is -0.497 e. The summed E-state index contributed by atoms with van der Waals surface area (Å²) in [6, 6.07) is 21.1. The van der Waals surface area contributed by atoms with E-state index in [9.17, 15) is 14.4 Å². The number of anilines is 1. The van der Waals surface area contributed by atoms with Crippen molar-refractivity contribution in [1.29, 1.82) is 0 Å². The van der Waals surface area contributed by atoms with Crippen molar-refractivity contribution in [2.45, 2.75) is 12.1 Å². The van der Waals surface area contributed by atoms with E-state index in [0.29, 0.717) is 44.5 Å². The number of Topliss-reactive ketones (excluding diaryl/α,β-unsaturated/α-hetero) is 1. The summed E-state index contributed by atoms with van der Waals surface area (Å²) in [5.74, 6) is 0.638. The molecule has 3 aromatic carbocycles. The van der Waals surface area contributed by atoms with Crippen LogP contribution >= 0.6 is 11.8 Å². The summed E-state index contributed by atoms with van der Waals surface area (Å²) in [6.07, 6.45) is 0. The Morgan fingerprint density at radius 2 is 1.81 bits per heavy atom. The Balaban J connectivity index is 1.52. The van der Waals surface area contributed by atoms with Gasteiger partial charge in [0.15, 0.2) is 10.9 Å². The van der Waals surface area contributed by atoms with Gasteiger partial charge in [0.05, 0.1) is 29.5 Å². The lowest BCUT2D eigenvalue weighted by atomic mass is 10.1. The van der Waals surface area contributed by atoms with E-state index in [4.69, 9.17) is 4.74 Å². The molecule has 36 heavy (non-hydrogen) atoms. The van der Waals surface area contributed by atoms with E-state index in [2.05, 4.69) is 15.5 Å². The van der Waals surface area contributed by atoms with Gasteiger partial charge in [-0.3, -0.25) is 18.8 Å². The van der Waals surface area contributed by atoms with Gasteiger partial charge in [0.2, 0.25) is 11.7 Å². The first-order chi connectivity index (χ1) is 17.5. The molecule has 0 saturated heterocycles. The van der Waals surface area contributed by atoms with Crippen LogP contribution in [0.4, 0.5) is 5.69 Å². The van der Waals surface area contributed by atoms with E-state index in [-0.39, 0.29) is 23.0 Å². The molecule has 0 fully saturated rings. The fourth-order valence-electron chi connectivity index (χ4n) is 3.90. The third-order valence-electron chi connectivity index (χ3n) is 5.59. The van der Waals surface area contributed by atoms with Crippen LogP contribution in [0.3, 0.4) is 0 Å². The van der Waals surface area contributed by atoms with Crippen molar-refractivity contribution in [2.24, 2.45) is 0 Å². The second kappa shape index (κ2) is 9.67. The third kappa shape index (κ3) is 4.34. The quantitative estimate of drug-likeness (QED) is 0.267. The number of para-hydroxylation sites is 1. The van der Waals surface area contributed by atoms with E-state index < -0.39 is 0 Å². The van der Waals surface area contributed by atoms with Gasteiger partial charge in [-0.05, 0) is 43.3 Å². The van der Waals surface area contributed by atoms with E-state index in [0.717, 1.165) is 0 Å². The second-order valence-corrected chi connectivity index (χ2v) is 8.89. The number of ether oxygens (including phenoxy) is 1. The number of thioether (sulfide) groups is 1. The summed E-state index contributed by atoms with van der Waals surface area (Å²) in [5.41, 5.74) is 2.04. The molecule has 0 unspecified atom stereocenters. The normalized spacial score (nSPS) is 11.1. The van der Waals surface area contributed by atoms with Gasteiger partial charge in [-0.1, -0.05) is 42.1 Å². The lowest BCUT2D eigenvalue weighted by Crippen LogP contribution is -2.22. The zero-order valence-electron chi connectivity index (χ0n) is 19.5. The topological polar surface area (TPSA) is 108 Å². The minimum atomic E-state index is -0.261. The number of aromatic nitrogens is 4. The molecule has 0 radical (unpaired) electrons. The molecule has 0 saturated carbocycles. The highest BCUT2D eigenvalue weighted by Gasteiger charge is 2.19. The Hall–Kier alpha value is -4.44. The molecule has 10 heteroatoms. The zero-order valence-corrected chi connectivity index (χ0v) is 20.3. The Bertz CT molecular complexity index is 1690. The molecular formula is C26H21N5O4S. The molecule has 5 rings (SSSR count). The Kier molecular flexibility index (Phi) is 6.26. The highest BCUT2D eigenvalue weighted by molar-refractivity contribution is 7.99. The minimum absolute atomic E-state index is 0.0533. The predicted molar refractivity (Wildman–Crippen MR) is 138 cm³/mol. The molecule has 1 amide bonds. The standard InChI is InChI=1S/C26H21N5O4S/c1-16(32)17-7-5-8-18(13-17)27-23(33)15-36-26-29-28-25-30(19-9-6-10-20(14-19)35-2)24(34)21-11-3-4-12-22(21)31(25)26/h3-14H,15H2,1-2H3,(H,27,33). The van der Waals surface area contributed by atoms with E-state index in [1.807, 2.05) is 12.1 Å². The lowest BCUT2D eigenvalue weighted by Gasteiger charge is -2.12. The maximum absolute atomic E-state index is 13.4. The van der Waals surface area contributed by atoms with Gasteiger partial charge >= 0.3 is 0 Å². The summed E-state index contributed by atoms with van der Waals surface area (Å²) < 4.78 is 8.58. The molecule has 9 nitrogen and oxygen atoms in total. The highest BCUT2D eigenvalue weighted by Crippen LogP contribution is 2.24. The smallest absolute Gasteiger partial charge is 0.267 e. The van der Waals surface area contributed by atoms with Crippen molar-refractivity contribution in [1.82, 2.24) is 19.2 Å². The number of nitrogens with one attached hydrogen (secondary N) is 1. The molecule has 2 heterocycles. The second-order valence-electron chi connectivity index (χ2n) is 7.95. The van der Waals surface area contributed by atoms with Crippen LogP contribution in [0.1, 0.15) is 17.3 Å². The molecule has 5 aromatic rings. The summed E-state index contributed by atoms with van der Waals surface area (Å²) in [7, 11) is 1.56. The van der Waals surface area contributed by atoms with Gasteiger partial charge in [0, 0.05) is 17.3 Å². The molecule has 0 bridgehead atoms. The fraction of sp³-hybridized carbons (Fsp3) is 0.115. The van der Waals surface area contributed by atoms with Crippen LogP contribution in [-0.4, -0.2) is 43.7 Å². The van der Waals surface area contributed by atoms with Gasteiger partial charge in [0.1, 0.15) is 5.75 Å². The number of benzene rings is 3. The maximum atomic E-state index is 13.4. The van der Waals surface area contributed by atoms with Gasteiger partial charge in [-0.25, -0.2) is 4.57 Å². The Labute approximate surface area is 209 Å². The van der Waals surface area contributed by atoms with Crippen molar-refractivity contribution < 1.29 is 14.3 Å². The van der Waals surface area contributed by atoms with Crippen LogP contribution < -0.4 is 15.6 Å². The molecular weight excluding hydrogens is 478 g/mol. The molecule has 2 aromatic heterocycles. The van der Waals surface area contributed by atoms with Crippen molar-refractivity contribution in [3.63, 3.8) is 0 Å². The number of fused-ring (bicyclic) bond motifs is 3. The number of carbonyl (C=O) groups is 2. The molecule has 0 aliphatic carbocycles. The summed E-state index contributed by atoms with van der Waals surface area (Å²) in [4.78, 5) is 37.7. The van der Waals surface area contributed by atoms with Crippen molar-refractivity contribution in [2.75, 3.05) is 18.2 Å². The fourth-order valence-corrected chi connectivity index (χ4v) is 4.64. The van der Waals surface area contributed by atoms with E-state index in [1.54, 1.807) is 72.2 Å². The van der Waals surface area contributed by atoms with Gasteiger partial charge < -0.3 is 10.1 Å². The number of nitrogens with zero attached hydrogens (tertiary/aromatic N) is 4. The number of rotatable bonds is 7. The monoisotopic (exact) mass is 499 g/mol. The first kappa shape index (κ1) is 23.3. The number of hydrogen-bond acceptors (Lipinski definition) is 7. The van der Waals surface area contributed by atoms with Crippen molar-refractivity contribution >= 4 is 45.8 Å². The number of ketones is 1. The Morgan fingerprint density at radius 3 is 2.61 bits per heavy atom. The molecule has 0 aliphatic rings. The number of carbonyl (C=O) groups excluding carboxylic acids is 2. The maximum Gasteiger partial charge on any atom is 0.267 e. The number of hydrogen-bond donors (Lipinski definition) is 1. The SMILES string of the molecule is COc1cccc(-n2c(=O)c3ccccc3n3c(SCC(=O)Nc4cccc(C(C)=O)c4)nnc23)c1. The number of amides is 1.